The van der Waals surface area contributed by atoms with Gasteiger partial charge < -0.3 is 24.7 Å². The van der Waals surface area contributed by atoms with Crippen molar-refractivity contribution in [1.29, 1.82) is 0 Å². The fourth-order valence-corrected chi connectivity index (χ4v) is 2.67. The van der Waals surface area contributed by atoms with Gasteiger partial charge in [-0.15, -0.1) is 34.2 Å². The van der Waals surface area contributed by atoms with Gasteiger partial charge in [-0.25, -0.2) is 4.99 Å². The molecular weight excluding hydrogens is 495 g/mol. The summed E-state index contributed by atoms with van der Waals surface area (Å²) in [5, 5.41) is 15.0. The van der Waals surface area contributed by atoms with Gasteiger partial charge in [0.25, 0.3) is 0 Å². The molecule has 0 fully saturated rings. The number of benzene rings is 1. The Balaban J connectivity index is 0.00000450. The molecule has 0 saturated heterocycles. The van der Waals surface area contributed by atoms with Crippen LogP contribution in [-0.2, 0) is 24.8 Å². The molecule has 0 saturated carbocycles. The number of nitrogens with one attached hydrogen (secondary N) is 2. The fraction of sp³-hybridized carbons (Fsp3) is 0.571. The van der Waals surface area contributed by atoms with E-state index in [0.717, 1.165) is 62.3 Å². The van der Waals surface area contributed by atoms with E-state index >= 15 is 0 Å². The minimum atomic E-state index is 0. The first-order chi connectivity index (χ1) is 14.1. The van der Waals surface area contributed by atoms with Crippen LogP contribution in [0.2, 0.25) is 0 Å². The smallest absolute Gasteiger partial charge is 0.191 e. The van der Waals surface area contributed by atoms with E-state index in [1.807, 2.05) is 30.7 Å². The van der Waals surface area contributed by atoms with E-state index in [9.17, 15) is 0 Å². The van der Waals surface area contributed by atoms with Crippen LogP contribution in [0.25, 0.3) is 0 Å². The topological polar surface area (TPSA) is 85.6 Å². The molecule has 2 N–H and O–H groups in total. The molecule has 0 radical (unpaired) electrons. The molecule has 2 aromatic rings. The Kier molecular flexibility index (Phi) is 13.1. The van der Waals surface area contributed by atoms with E-state index < -0.39 is 0 Å². The van der Waals surface area contributed by atoms with Crippen LogP contribution < -0.4 is 15.4 Å². The van der Waals surface area contributed by atoms with Crippen molar-refractivity contribution in [3.05, 3.63) is 41.5 Å². The fourth-order valence-electron chi connectivity index (χ4n) is 2.67. The van der Waals surface area contributed by atoms with Gasteiger partial charge in [-0.1, -0.05) is 19.1 Å². The standard InChI is InChI=1S/C21H34N6O2.HI/c1-5-13-29-19-9-6-8-18(15-19)10-12-23-21(22-11-7-14-28-4)24-16-20-26-25-17(2)27(20)3;/h6,8-9,15H,5,7,10-14,16H2,1-4H3,(H2,22,23,24);1H. The molecule has 30 heavy (non-hydrogen) atoms. The number of halogens is 1. The molecule has 0 aliphatic rings. The number of hydrogen-bond acceptors (Lipinski definition) is 5. The summed E-state index contributed by atoms with van der Waals surface area (Å²) in [6.07, 6.45) is 2.80. The maximum atomic E-state index is 5.72. The molecule has 1 aromatic carbocycles. The lowest BCUT2D eigenvalue weighted by Crippen LogP contribution is -2.39. The van der Waals surface area contributed by atoms with Gasteiger partial charge in [0.05, 0.1) is 6.61 Å². The quantitative estimate of drug-likeness (QED) is 0.190. The number of aromatic nitrogens is 3. The van der Waals surface area contributed by atoms with Gasteiger partial charge in [0.1, 0.15) is 18.1 Å². The van der Waals surface area contributed by atoms with Crippen LogP contribution in [0.3, 0.4) is 0 Å². The number of aliphatic imine (C=N–C) groups is 1. The van der Waals surface area contributed by atoms with Crippen molar-refractivity contribution in [2.24, 2.45) is 12.0 Å². The maximum absolute atomic E-state index is 5.72. The van der Waals surface area contributed by atoms with E-state index in [2.05, 4.69) is 44.9 Å². The zero-order valence-corrected chi connectivity index (χ0v) is 20.8. The highest BCUT2D eigenvalue weighted by atomic mass is 127. The molecule has 1 aromatic heterocycles. The third-order valence-corrected chi connectivity index (χ3v) is 4.46. The van der Waals surface area contributed by atoms with Crippen LogP contribution in [0, 0.1) is 6.92 Å². The second-order valence-electron chi connectivity index (χ2n) is 6.83. The summed E-state index contributed by atoms with van der Waals surface area (Å²) in [6, 6.07) is 8.25. The minimum Gasteiger partial charge on any atom is -0.494 e. The third kappa shape index (κ3) is 9.29. The first-order valence-corrected chi connectivity index (χ1v) is 10.2. The highest BCUT2D eigenvalue weighted by Crippen LogP contribution is 2.13. The third-order valence-electron chi connectivity index (χ3n) is 4.46. The summed E-state index contributed by atoms with van der Waals surface area (Å²) >= 11 is 0. The normalized spacial score (nSPS) is 11.1. The monoisotopic (exact) mass is 530 g/mol. The van der Waals surface area contributed by atoms with Crippen molar-refractivity contribution in [1.82, 2.24) is 25.4 Å². The summed E-state index contributed by atoms with van der Waals surface area (Å²) in [4.78, 5) is 4.66. The minimum absolute atomic E-state index is 0. The summed E-state index contributed by atoms with van der Waals surface area (Å²) in [5.41, 5.74) is 1.23. The van der Waals surface area contributed by atoms with Crippen molar-refractivity contribution in [2.45, 2.75) is 39.7 Å². The van der Waals surface area contributed by atoms with E-state index in [1.165, 1.54) is 5.56 Å². The van der Waals surface area contributed by atoms with Gasteiger partial charge >= 0.3 is 0 Å². The predicted octanol–water partition coefficient (Wildman–Crippen LogP) is 2.84. The molecule has 8 nitrogen and oxygen atoms in total. The van der Waals surface area contributed by atoms with Crippen LogP contribution in [0.5, 0.6) is 5.75 Å². The first-order valence-electron chi connectivity index (χ1n) is 10.2. The number of nitrogens with zero attached hydrogens (tertiary/aromatic N) is 4. The van der Waals surface area contributed by atoms with Crippen LogP contribution in [-0.4, -0.2) is 54.1 Å². The van der Waals surface area contributed by atoms with Crippen molar-refractivity contribution < 1.29 is 9.47 Å². The van der Waals surface area contributed by atoms with Crippen LogP contribution in [0.1, 0.15) is 37.0 Å². The second-order valence-corrected chi connectivity index (χ2v) is 6.83. The highest BCUT2D eigenvalue weighted by Gasteiger charge is 2.05. The average Bonchev–Trinajstić information content (AvgIpc) is 3.05. The number of hydrogen-bond donors (Lipinski definition) is 2. The number of methoxy groups -OCH3 is 1. The van der Waals surface area contributed by atoms with Crippen molar-refractivity contribution in [2.75, 3.05) is 33.4 Å². The van der Waals surface area contributed by atoms with Crippen LogP contribution in [0.4, 0.5) is 0 Å². The molecule has 0 bridgehead atoms. The molecule has 0 spiro atoms. The van der Waals surface area contributed by atoms with Gasteiger partial charge in [0, 0.05) is 33.9 Å². The molecule has 0 atom stereocenters. The second kappa shape index (κ2) is 15.0. The van der Waals surface area contributed by atoms with Gasteiger partial charge in [-0.3, -0.25) is 0 Å². The Morgan fingerprint density at radius 3 is 2.67 bits per heavy atom. The molecule has 0 aliphatic heterocycles. The van der Waals surface area contributed by atoms with Crippen LogP contribution >= 0.6 is 24.0 Å². The van der Waals surface area contributed by atoms with Crippen molar-refractivity contribution >= 4 is 29.9 Å². The van der Waals surface area contributed by atoms with E-state index in [0.29, 0.717) is 13.2 Å². The van der Waals surface area contributed by atoms with Crippen molar-refractivity contribution in [3.63, 3.8) is 0 Å². The predicted molar refractivity (Wildman–Crippen MR) is 131 cm³/mol. The number of ether oxygens (including phenoxy) is 2. The Morgan fingerprint density at radius 2 is 1.97 bits per heavy atom. The Labute approximate surface area is 196 Å². The Bertz CT molecular complexity index is 766. The number of guanidine groups is 1. The Morgan fingerprint density at radius 1 is 1.17 bits per heavy atom. The molecule has 0 amide bonds. The summed E-state index contributed by atoms with van der Waals surface area (Å²) < 4.78 is 12.8. The summed E-state index contributed by atoms with van der Waals surface area (Å²) in [6.45, 7) is 7.52. The molecule has 0 unspecified atom stereocenters. The molecule has 9 heteroatoms. The largest absolute Gasteiger partial charge is 0.494 e. The van der Waals surface area contributed by atoms with Crippen molar-refractivity contribution in [3.8, 4) is 5.75 Å². The van der Waals surface area contributed by atoms with Gasteiger partial charge in [0.15, 0.2) is 11.8 Å². The maximum Gasteiger partial charge on any atom is 0.191 e. The highest BCUT2D eigenvalue weighted by molar-refractivity contribution is 14.0. The molecule has 0 aliphatic carbocycles. The van der Waals surface area contributed by atoms with E-state index in [-0.39, 0.29) is 24.0 Å². The molecule has 168 valence electrons. The number of rotatable bonds is 12. The van der Waals surface area contributed by atoms with E-state index in [1.54, 1.807) is 7.11 Å². The summed E-state index contributed by atoms with van der Waals surface area (Å²) in [7, 11) is 3.66. The molecule has 1 heterocycles. The molecule has 2 rings (SSSR count). The summed E-state index contributed by atoms with van der Waals surface area (Å²) in [5.74, 6) is 3.40. The van der Waals surface area contributed by atoms with E-state index in [4.69, 9.17) is 9.47 Å². The average molecular weight is 530 g/mol. The lowest BCUT2D eigenvalue weighted by Gasteiger charge is -2.13. The number of aryl methyl sites for hydroxylation is 1. The zero-order chi connectivity index (χ0) is 20.9. The zero-order valence-electron chi connectivity index (χ0n) is 18.5. The Hall–Kier alpha value is -1.88. The van der Waals surface area contributed by atoms with Gasteiger partial charge in [0.2, 0.25) is 0 Å². The van der Waals surface area contributed by atoms with Gasteiger partial charge in [-0.05, 0) is 43.9 Å². The SMILES string of the molecule is CCCOc1cccc(CCNC(=NCc2nnc(C)n2C)NCCCOC)c1.I. The van der Waals surface area contributed by atoms with Gasteiger partial charge in [-0.2, -0.15) is 0 Å². The lowest BCUT2D eigenvalue weighted by molar-refractivity contribution is 0.195. The lowest BCUT2D eigenvalue weighted by atomic mass is 10.1. The first kappa shape index (κ1) is 26.2. The van der Waals surface area contributed by atoms with Crippen LogP contribution in [0.15, 0.2) is 29.3 Å². The molecular formula is C21H35IN6O2.